The van der Waals surface area contributed by atoms with Gasteiger partial charge in [-0.1, -0.05) is 64.7 Å². The molecule has 0 saturated carbocycles. The van der Waals surface area contributed by atoms with Gasteiger partial charge in [0.05, 0.1) is 25.7 Å². The van der Waals surface area contributed by atoms with Gasteiger partial charge >= 0.3 is 5.97 Å². The summed E-state index contributed by atoms with van der Waals surface area (Å²) in [5.74, 6) is -0.380. The molecular formula is C19H37NO4. The minimum Gasteiger partial charge on any atom is -0.466 e. The molecule has 0 rings (SSSR count). The molecule has 0 bridgehead atoms. The zero-order valence-electron chi connectivity index (χ0n) is 15.6. The molecule has 0 radical (unpaired) electrons. The van der Waals surface area contributed by atoms with Gasteiger partial charge < -0.3 is 15.2 Å². The van der Waals surface area contributed by atoms with Crippen molar-refractivity contribution in [3.8, 4) is 0 Å². The number of aliphatic hydroxyl groups excluding tert-OH is 1. The van der Waals surface area contributed by atoms with Crippen LogP contribution in [0.1, 0.15) is 84.5 Å². The van der Waals surface area contributed by atoms with E-state index in [-0.39, 0.29) is 24.8 Å². The number of unbranched alkanes of at least 4 members (excludes halogenated alkanes) is 9. The highest BCUT2D eigenvalue weighted by Gasteiger charge is 2.12. The first kappa shape index (κ1) is 23.1. The lowest BCUT2D eigenvalue weighted by atomic mass is 10.1. The minimum absolute atomic E-state index is 0.128. The van der Waals surface area contributed by atoms with Crippen molar-refractivity contribution < 1.29 is 19.4 Å². The van der Waals surface area contributed by atoms with Crippen LogP contribution in [0, 0.1) is 0 Å². The van der Waals surface area contributed by atoms with Gasteiger partial charge in [0.25, 0.3) is 0 Å². The van der Waals surface area contributed by atoms with Crippen LogP contribution < -0.4 is 5.32 Å². The lowest BCUT2D eigenvalue weighted by Crippen LogP contribution is -2.39. The van der Waals surface area contributed by atoms with Crippen molar-refractivity contribution in [1.29, 1.82) is 0 Å². The van der Waals surface area contributed by atoms with E-state index in [1.54, 1.807) is 0 Å². The van der Waals surface area contributed by atoms with Crippen molar-refractivity contribution in [1.82, 2.24) is 5.32 Å². The fourth-order valence-electron chi connectivity index (χ4n) is 2.53. The third kappa shape index (κ3) is 14.6. The minimum atomic E-state index is -0.584. The Morgan fingerprint density at radius 2 is 1.50 bits per heavy atom. The van der Waals surface area contributed by atoms with Crippen LogP contribution in [0.15, 0.2) is 0 Å². The van der Waals surface area contributed by atoms with E-state index in [1.165, 1.54) is 58.3 Å². The second-order valence-electron chi connectivity index (χ2n) is 6.45. The molecule has 0 aromatic carbocycles. The summed E-state index contributed by atoms with van der Waals surface area (Å²) in [5.41, 5.74) is 0. The highest BCUT2D eigenvalue weighted by Crippen LogP contribution is 2.10. The van der Waals surface area contributed by atoms with Crippen LogP contribution in [0.25, 0.3) is 0 Å². The Balaban J connectivity index is 3.33. The van der Waals surface area contributed by atoms with Crippen LogP contribution in [-0.2, 0) is 14.3 Å². The molecule has 0 aliphatic rings. The summed E-state index contributed by atoms with van der Waals surface area (Å²) in [4.78, 5) is 22.6. The summed E-state index contributed by atoms with van der Waals surface area (Å²) in [6.07, 6.45) is 12.8. The number of hydrogen-bond acceptors (Lipinski definition) is 5. The average molecular weight is 344 g/mol. The van der Waals surface area contributed by atoms with Crippen LogP contribution in [0.4, 0.5) is 0 Å². The molecular weight excluding hydrogens is 306 g/mol. The Labute approximate surface area is 147 Å². The standard InChI is InChI=1S/C19H37NO4/c1-3-4-5-6-7-8-9-10-11-12-15-24-19(23)13-14-20-18(16-21)17(2)22/h18,20-21H,3-16H2,1-2H3. The number of carbonyl (C=O) groups is 2. The number of ether oxygens (including phenoxy) is 1. The molecule has 24 heavy (non-hydrogen) atoms. The molecule has 0 aliphatic carbocycles. The Morgan fingerprint density at radius 3 is 2.00 bits per heavy atom. The molecule has 0 spiro atoms. The zero-order chi connectivity index (χ0) is 18.0. The van der Waals surface area contributed by atoms with E-state index in [9.17, 15) is 9.59 Å². The maximum absolute atomic E-state index is 11.5. The summed E-state index contributed by atoms with van der Waals surface area (Å²) in [6.45, 7) is 4.23. The molecule has 0 aromatic rings. The average Bonchev–Trinajstić information content (AvgIpc) is 2.56. The largest absolute Gasteiger partial charge is 0.466 e. The predicted octanol–water partition coefficient (Wildman–Crippen LogP) is 3.38. The summed E-state index contributed by atoms with van der Waals surface area (Å²) in [6, 6.07) is -0.584. The number of esters is 1. The first-order chi connectivity index (χ1) is 11.6. The quantitative estimate of drug-likeness (QED) is 0.313. The van der Waals surface area contributed by atoms with Crippen molar-refractivity contribution in [3.63, 3.8) is 0 Å². The molecule has 0 saturated heterocycles. The van der Waals surface area contributed by atoms with Gasteiger partial charge in [-0.3, -0.25) is 9.59 Å². The van der Waals surface area contributed by atoms with Crippen LogP contribution in [0.2, 0.25) is 0 Å². The lowest BCUT2D eigenvalue weighted by molar-refractivity contribution is -0.143. The number of nitrogens with one attached hydrogen (secondary N) is 1. The normalized spacial score (nSPS) is 12.1. The Morgan fingerprint density at radius 1 is 0.958 bits per heavy atom. The molecule has 0 amide bonds. The number of carbonyl (C=O) groups excluding carboxylic acids is 2. The molecule has 5 heteroatoms. The highest BCUT2D eigenvalue weighted by molar-refractivity contribution is 5.81. The molecule has 1 unspecified atom stereocenters. The number of Topliss-reactive ketones (excluding diaryl/α,β-unsaturated/α-hetero) is 1. The summed E-state index contributed by atoms with van der Waals surface area (Å²) in [7, 11) is 0. The maximum Gasteiger partial charge on any atom is 0.307 e. The molecule has 5 nitrogen and oxygen atoms in total. The van der Waals surface area contributed by atoms with Gasteiger partial charge in [0, 0.05) is 6.54 Å². The maximum atomic E-state index is 11.5. The molecule has 0 heterocycles. The van der Waals surface area contributed by atoms with E-state index < -0.39 is 6.04 Å². The third-order valence-corrected chi connectivity index (χ3v) is 4.15. The zero-order valence-corrected chi connectivity index (χ0v) is 15.6. The van der Waals surface area contributed by atoms with E-state index in [4.69, 9.17) is 9.84 Å². The molecule has 0 aromatic heterocycles. The van der Waals surface area contributed by atoms with E-state index in [2.05, 4.69) is 12.2 Å². The van der Waals surface area contributed by atoms with E-state index in [0.717, 1.165) is 12.8 Å². The molecule has 2 N–H and O–H groups in total. The number of ketones is 1. The van der Waals surface area contributed by atoms with Crippen LogP contribution in [-0.4, -0.2) is 42.7 Å². The van der Waals surface area contributed by atoms with Crippen LogP contribution in [0.5, 0.6) is 0 Å². The Kier molecular flexibility index (Phi) is 16.2. The van der Waals surface area contributed by atoms with Gasteiger partial charge in [-0.2, -0.15) is 0 Å². The summed E-state index contributed by atoms with van der Waals surface area (Å²) < 4.78 is 5.16. The fraction of sp³-hybridized carbons (Fsp3) is 0.895. The first-order valence-corrected chi connectivity index (χ1v) is 9.62. The summed E-state index contributed by atoms with van der Waals surface area (Å²) >= 11 is 0. The van der Waals surface area contributed by atoms with E-state index in [1.807, 2.05) is 0 Å². The van der Waals surface area contributed by atoms with Crippen LogP contribution >= 0.6 is 0 Å². The molecule has 1 atom stereocenters. The number of rotatable bonds is 17. The summed E-state index contributed by atoms with van der Waals surface area (Å²) in [5, 5.41) is 11.8. The lowest BCUT2D eigenvalue weighted by Gasteiger charge is -2.12. The van der Waals surface area contributed by atoms with Gasteiger partial charge in [0.2, 0.25) is 0 Å². The Bertz CT molecular complexity index is 320. The first-order valence-electron chi connectivity index (χ1n) is 9.62. The topological polar surface area (TPSA) is 75.6 Å². The van der Waals surface area contributed by atoms with Crippen molar-refractivity contribution >= 4 is 11.8 Å². The van der Waals surface area contributed by atoms with Gasteiger partial charge in [0.15, 0.2) is 0 Å². The smallest absolute Gasteiger partial charge is 0.307 e. The second kappa shape index (κ2) is 16.9. The highest BCUT2D eigenvalue weighted by atomic mass is 16.5. The Hall–Kier alpha value is -0.940. The van der Waals surface area contributed by atoms with Gasteiger partial charge in [-0.15, -0.1) is 0 Å². The van der Waals surface area contributed by atoms with Crippen molar-refractivity contribution in [2.24, 2.45) is 0 Å². The van der Waals surface area contributed by atoms with Crippen LogP contribution in [0.3, 0.4) is 0 Å². The van der Waals surface area contributed by atoms with Gasteiger partial charge in [-0.05, 0) is 13.3 Å². The molecule has 0 aliphatic heterocycles. The van der Waals surface area contributed by atoms with Crippen molar-refractivity contribution in [3.05, 3.63) is 0 Å². The van der Waals surface area contributed by atoms with Crippen molar-refractivity contribution in [2.45, 2.75) is 90.5 Å². The van der Waals surface area contributed by atoms with Gasteiger partial charge in [0.1, 0.15) is 5.78 Å². The number of aliphatic hydroxyl groups is 1. The van der Waals surface area contributed by atoms with Crippen molar-refractivity contribution in [2.75, 3.05) is 19.8 Å². The monoisotopic (exact) mass is 343 g/mol. The van der Waals surface area contributed by atoms with E-state index in [0.29, 0.717) is 13.2 Å². The third-order valence-electron chi connectivity index (χ3n) is 4.15. The number of hydrogen-bond donors (Lipinski definition) is 2. The van der Waals surface area contributed by atoms with E-state index >= 15 is 0 Å². The predicted molar refractivity (Wildman–Crippen MR) is 97.0 cm³/mol. The molecule has 0 fully saturated rings. The SMILES string of the molecule is CCCCCCCCCCCCOC(=O)CCNC(CO)C(C)=O. The second-order valence-corrected chi connectivity index (χ2v) is 6.45. The van der Waals surface area contributed by atoms with Gasteiger partial charge in [-0.25, -0.2) is 0 Å². The fourth-order valence-corrected chi connectivity index (χ4v) is 2.53. The molecule has 142 valence electrons.